The summed E-state index contributed by atoms with van der Waals surface area (Å²) in [5.74, 6) is 0.0192. The summed E-state index contributed by atoms with van der Waals surface area (Å²) in [5, 5.41) is 17.6. The van der Waals surface area contributed by atoms with Crippen molar-refractivity contribution in [3.8, 4) is 5.75 Å². The summed E-state index contributed by atoms with van der Waals surface area (Å²) in [6.45, 7) is -2.88. The second-order valence-electron chi connectivity index (χ2n) is 4.05. The number of halogens is 2. The van der Waals surface area contributed by atoms with Crippen molar-refractivity contribution in [3.63, 3.8) is 0 Å². The molecule has 0 saturated carbocycles. The number of nitrogens with zero attached hydrogens (tertiary/aromatic N) is 3. The van der Waals surface area contributed by atoms with E-state index in [0.29, 0.717) is 11.3 Å². The number of hydrogen-bond acceptors (Lipinski definition) is 4. The van der Waals surface area contributed by atoms with Gasteiger partial charge in [-0.1, -0.05) is 17.3 Å². The van der Waals surface area contributed by atoms with Crippen molar-refractivity contribution in [2.75, 3.05) is 0 Å². The molecule has 2 rings (SSSR count). The predicted molar refractivity (Wildman–Crippen MR) is 62.7 cm³/mol. The number of aryl methyl sites for hydroxylation is 1. The third kappa shape index (κ3) is 3.72. The third-order valence-corrected chi connectivity index (χ3v) is 2.52. The molecule has 1 N–H and O–H groups in total. The molecule has 0 aliphatic carbocycles. The Morgan fingerprint density at radius 1 is 1.42 bits per heavy atom. The van der Waals surface area contributed by atoms with Gasteiger partial charge < -0.3 is 9.84 Å². The number of rotatable bonds is 5. The Hall–Kier alpha value is -2.02. The molecule has 0 radical (unpaired) electrons. The lowest BCUT2D eigenvalue weighted by atomic mass is 10.1. The Morgan fingerprint density at radius 3 is 2.84 bits per heavy atom. The highest BCUT2D eigenvalue weighted by molar-refractivity contribution is 5.30. The zero-order valence-corrected chi connectivity index (χ0v) is 10.2. The van der Waals surface area contributed by atoms with E-state index in [1.807, 2.05) is 0 Å². The van der Waals surface area contributed by atoms with Crippen LogP contribution in [0, 0.1) is 0 Å². The summed E-state index contributed by atoms with van der Waals surface area (Å²) in [6, 6.07) is 5.98. The summed E-state index contributed by atoms with van der Waals surface area (Å²) < 4.78 is 30.0. The lowest BCUT2D eigenvalue weighted by Crippen LogP contribution is -2.05. The molecule has 0 spiro atoms. The van der Waals surface area contributed by atoms with E-state index in [1.54, 1.807) is 25.4 Å². The molecular weight excluding hydrogens is 256 g/mol. The van der Waals surface area contributed by atoms with Gasteiger partial charge in [0.1, 0.15) is 5.75 Å². The maximum absolute atomic E-state index is 12.1. The van der Waals surface area contributed by atoms with Crippen LogP contribution in [-0.4, -0.2) is 26.7 Å². The minimum Gasteiger partial charge on any atom is -0.435 e. The minimum absolute atomic E-state index is 0.0192. The van der Waals surface area contributed by atoms with Gasteiger partial charge in [0.05, 0.1) is 11.8 Å². The standard InChI is InChI=1S/C12H13F2N3O2/c1-17-7-9(15-16-17)6-11(18)8-3-2-4-10(5-8)19-12(13)14/h2-5,7,11-12,18H,6H2,1H3. The van der Waals surface area contributed by atoms with Crippen molar-refractivity contribution in [1.82, 2.24) is 15.0 Å². The Balaban J connectivity index is 2.08. The molecule has 1 heterocycles. The average Bonchev–Trinajstić information content (AvgIpc) is 2.74. The molecule has 0 aliphatic rings. The van der Waals surface area contributed by atoms with Crippen molar-refractivity contribution in [1.29, 1.82) is 0 Å². The second-order valence-corrected chi connectivity index (χ2v) is 4.05. The van der Waals surface area contributed by atoms with Crippen molar-refractivity contribution in [2.24, 2.45) is 7.05 Å². The fourth-order valence-electron chi connectivity index (χ4n) is 1.70. The highest BCUT2D eigenvalue weighted by Crippen LogP contribution is 2.22. The number of aliphatic hydroxyl groups excluding tert-OH is 1. The lowest BCUT2D eigenvalue weighted by molar-refractivity contribution is -0.0499. The fourth-order valence-corrected chi connectivity index (χ4v) is 1.70. The number of ether oxygens (including phenoxy) is 1. The SMILES string of the molecule is Cn1cc(CC(O)c2cccc(OC(F)F)c2)nn1. The Bertz CT molecular complexity index is 545. The number of alkyl halides is 2. The Kier molecular flexibility index (Phi) is 4.06. The molecule has 7 heteroatoms. The van der Waals surface area contributed by atoms with Gasteiger partial charge in [0.2, 0.25) is 0 Å². The van der Waals surface area contributed by atoms with Crippen LogP contribution < -0.4 is 4.74 Å². The molecular formula is C12H13F2N3O2. The van der Waals surface area contributed by atoms with Crippen molar-refractivity contribution in [3.05, 3.63) is 41.7 Å². The summed E-state index contributed by atoms with van der Waals surface area (Å²) in [6.07, 6.45) is 1.09. The molecule has 102 valence electrons. The van der Waals surface area contributed by atoms with E-state index in [2.05, 4.69) is 15.0 Å². The van der Waals surface area contributed by atoms with Gasteiger partial charge in [-0.25, -0.2) is 0 Å². The molecule has 1 aromatic carbocycles. The monoisotopic (exact) mass is 269 g/mol. The van der Waals surface area contributed by atoms with E-state index in [-0.39, 0.29) is 12.2 Å². The number of aliphatic hydroxyl groups is 1. The molecule has 1 atom stereocenters. The molecule has 0 aliphatic heterocycles. The van der Waals surface area contributed by atoms with Gasteiger partial charge in [-0.3, -0.25) is 4.68 Å². The topological polar surface area (TPSA) is 60.2 Å². The van der Waals surface area contributed by atoms with Crippen LogP contribution in [0.25, 0.3) is 0 Å². The Morgan fingerprint density at radius 2 is 2.21 bits per heavy atom. The average molecular weight is 269 g/mol. The molecule has 2 aromatic rings. The maximum Gasteiger partial charge on any atom is 0.387 e. The van der Waals surface area contributed by atoms with E-state index in [9.17, 15) is 13.9 Å². The summed E-state index contributed by atoms with van der Waals surface area (Å²) in [7, 11) is 1.72. The van der Waals surface area contributed by atoms with Gasteiger partial charge in [0.15, 0.2) is 0 Å². The van der Waals surface area contributed by atoms with Crippen LogP contribution in [-0.2, 0) is 13.5 Å². The normalized spacial score (nSPS) is 12.7. The first-order chi connectivity index (χ1) is 9.04. The molecule has 0 bridgehead atoms. The van der Waals surface area contributed by atoms with Crippen LogP contribution in [0.2, 0.25) is 0 Å². The first-order valence-electron chi connectivity index (χ1n) is 5.62. The highest BCUT2D eigenvalue weighted by Gasteiger charge is 2.13. The van der Waals surface area contributed by atoms with Crippen LogP contribution >= 0.6 is 0 Å². The lowest BCUT2D eigenvalue weighted by Gasteiger charge is -2.11. The summed E-state index contributed by atoms with van der Waals surface area (Å²) in [4.78, 5) is 0. The smallest absolute Gasteiger partial charge is 0.387 e. The van der Waals surface area contributed by atoms with Crippen molar-refractivity contribution < 1.29 is 18.6 Å². The van der Waals surface area contributed by atoms with E-state index in [0.717, 1.165) is 0 Å². The minimum atomic E-state index is -2.88. The van der Waals surface area contributed by atoms with Gasteiger partial charge in [-0.15, -0.1) is 5.10 Å². The van der Waals surface area contributed by atoms with Crippen LogP contribution in [0.3, 0.4) is 0 Å². The largest absolute Gasteiger partial charge is 0.435 e. The first kappa shape index (κ1) is 13.4. The van der Waals surface area contributed by atoms with Crippen LogP contribution in [0.5, 0.6) is 5.75 Å². The van der Waals surface area contributed by atoms with Gasteiger partial charge in [-0.05, 0) is 17.7 Å². The van der Waals surface area contributed by atoms with Gasteiger partial charge in [0.25, 0.3) is 0 Å². The second kappa shape index (κ2) is 5.75. The molecule has 0 fully saturated rings. The molecule has 5 nitrogen and oxygen atoms in total. The molecule has 1 unspecified atom stereocenters. The predicted octanol–water partition coefficient (Wildman–Crippen LogP) is 1.69. The fraction of sp³-hybridized carbons (Fsp3) is 0.333. The van der Waals surface area contributed by atoms with Crippen LogP contribution in [0.4, 0.5) is 8.78 Å². The number of aromatic nitrogens is 3. The van der Waals surface area contributed by atoms with Gasteiger partial charge in [0, 0.05) is 19.7 Å². The zero-order chi connectivity index (χ0) is 13.8. The van der Waals surface area contributed by atoms with Crippen LogP contribution in [0.1, 0.15) is 17.4 Å². The molecule has 19 heavy (non-hydrogen) atoms. The third-order valence-electron chi connectivity index (χ3n) is 2.52. The van der Waals surface area contributed by atoms with E-state index in [4.69, 9.17) is 0 Å². The Labute approximate surface area is 108 Å². The zero-order valence-electron chi connectivity index (χ0n) is 10.2. The van der Waals surface area contributed by atoms with Crippen molar-refractivity contribution >= 4 is 0 Å². The molecule has 0 saturated heterocycles. The van der Waals surface area contributed by atoms with E-state index in [1.165, 1.54) is 16.8 Å². The molecule has 0 amide bonds. The van der Waals surface area contributed by atoms with E-state index >= 15 is 0 Å². The maximum atomic E-state index is 12.1. The van der Waals surface area contributed by atoms with E-state index < -0.39 is 12.7 Å². The van der Waals surface area contributed by atoms with Crippen LogP contribution in [0.15, 0.2) is 30.5 Å². The first-order valence-corrected chi connectivity index (χ1v) is 5.62. The number of hydrogen-bond donors (Lipinski definition) is 1. The summed E-state index contributed by atoms with van der Waals surface area (Å²) in [5.41, 5.74) is 1.11. The molecule has 1 aromatic heterocycles. The summed E-state index contributed by atoms with van der Waals surface area (Å²) >= 11 is 0. The number of benzene rings is 1. The van der Waals surface area contributed by atoms with Gasteiger partial charge in [-0.2, -0.15) is 8.78 Å². The highest BCUT2D eigenvalue weighted by atomic mass is 19.3. The quantitative estimate of drug-likeness (QED) is 0.897. The van der Waals surface area contributed by atoms with Crippen molar-refractivity contribution in [2.45, 2.75) is 19.1 Å². The van der Waals surface area contributed by atoms with Gasteiger partial charge >= 0.3 is 6.61 Å².